The van der Waals surface area contributed by atoms with Crippen LogP contribution in [0.1, 0.15) is 49.0 Å². The molecule has 0 spiro atoms. The number of rotatable bonds is 8. The number of hydrogen-bond donors (Lipinski definition) is 1. The Kier molecular flexibility index (Phi) is 6.45. The van der Waals surface area contributed by atoms with Crippen molar-refractivity contribution in [3.8, 4) is 0 Å². The number of nitrogens with one attached hydrogen (secondary N) is 1. The molecule has 21 heavy (non-hydrogen) atoms. The third-order valence-corrected chi connectivity index (χ3v) is 5.76. The summed E-state index contributed by atoms with van der Waals surface area (Å²) in [6, 6.07) is 2.63. The minimum atomic E-state index is 0.345. The van der Waals surface area contributed by atoms with Crippen LogP contribution in [0.4, 0.5) is 0 Å². The van der Waals surface area contributed by atoms with E-state index in [0.29, 0.717) is 6.04 Å². The van der Waals surface area contributed by atoms with Crippen LogP contribution < -0.4 is 5.32 Å². The van der Waals surface area contributed by atoms with Gasteiger partial charge in [0.1, 0.15) is 5.82 Å². The lowest BCUT2D eigenvalue weighted by molar-refractivity contribution is 0.508. The predicted octanol–water partition coefficient (Wildman–Crippen LogP) is 4.71. The first-order valence-corrected chi connectivity index (χ1v) is 9.25. The normalized spacial score (nSPS) is 12.8. The molecule has 1 N–H and O–H groups in total. The minimum absolute atomic E-state index is 0.345. The molecule has 0 aliphatic heterocycles. The van der Waals surface area contributed by atoms with Crippen molar-refractivity contribution in [2.24, 2.45) is 0 Å². The van der Waals surface area contributed by atoms with E-state index in [1.54, 1.807) is 0 Å². The summed E-state index contributed by atoms with van der Waals surface area (Å²) >= 11 is 5.47. The first-order valence-electron chi connectivity index (χ1n) is 7.64. The highest BCUT2D eigenvalue weighted by molar-refractivity contribution is 9.11. The lowest BCUT2D eigenvalue weighted by atomic mass is 10.1. The molecule has 0 amide bonds. The Morgan fingerprint density at radius 1 is 1.38 bits per heavy atom. The number of nitrogens with zero attached hydrogens (tertiary/aromatic N) is 2. The van der Waals surface area contributed by atoms with Crippen molar-refractivity contribution in [1.82, 2.24) is 14.9 Å². The zero-order valence-corrected chi connectivity index (χ0v) is 15.4. The Morgan fingerprint density at radius 3 is 2.81 bits per heavy atom. The van der Waals surface area contributed by atoms with Gasteiger partial charge in [0.15, 0.2) is 0 Å². The lowest BCUT2D eigenvalue weighted by Gasteiger charge is -2.17. The number of thiophene rings is 1. The summed E-state index contributed by atoms with van der Waals surface area (Å²) < 4.78 is 3.51. The summed E-state index contributed by atoms with van der Waals surface area (Å²) in [6.07, 6.45) is 7.23. The van der Waals surface area contributed by atoms with Crippen LogP contribution >= 0.6 is 27.3 Å². The van der Waals surface area contributed by atoms with Gasteiger partial charge in [-0.1, -0.05) is 13.8 Å². The van der Waals surface area contributed by atoms with E-state index >= 15 is 0 Å². The molecule has 0 radical (unpaired) electrons. The highest BCUT2D eigenvalue weighted by atomic mass is 79.9. The Hall–Kier alpha value is -0.650. The maximum absolute atomic E-state index is 4.55. The van der Waals surface area contributed by atoms with E-state index in [2.05, 4.69) is 63.8 Å². The summed E-state index contributed by atoms with van der Waals surface area (Å²) in [4.78, 5) is 5.94. The van der Waals surface area contributed by atoms with Gasteiger partial charge in [-0.15, -0.1) is 11.3 Å². The fraction of sp³-hybridized carbons (Fsp3) is 0.562. The molecule has 2 heterocycles. The van der Waals surface area contributed by atoms with Crippen LogP contribution in [0.25, 0.3) is 0 Å². The molecule has 0 aliphatic carbocycles. The van der Waals surface area contributed by atoms with Crippen LogP contribution in [0.2, 0.25) is 0 Å². The predicted molar refractivity (Wildman–Crippen MR) is 94.0 cm³/mol. The van der Waals surface area contributed by atoms with E-state index in [-0.39, 0.29) is 0 Å². The van der Waals surface area contributed by atoms with Crippen molar-refractivity contribution in [3.63, 3.8) is 0 Å². The zero-order chi connectivity index (χ0) is 15.2. The fourth-order valence-corrected chi connectivity index (χ4v) is 4.05. The van der Waals surface area contributed by atoms with E-state index in [0.717, 1.165) is 32.4 Å². The molecule has 1 atom stereocenters. The summed E-state index contributed by atoms with van der Waals surface area (Å²) in [5, 5.41) is 3.67. The van der Waals surface area contributed by atoms with Crippen molar-refractivity contribution in [2.45, 2.75) is 52.6 Å². The number of imidazole rings is 1. The number of aryl methyl sites for hydroxylation is 2. The summed E-state index contributed by atoms with van der Waals surface area (Å²) in [7, 11) is 0. The van der Waals surface area contributed by atoms with Crippen LogP contribution in [0.5, 0.6) is 0 Å². The lowest BCUT2D eigenvalue weighted by Crippen LogP contribution is -2.24. The van der Waals surface area contributed by atoms with Gasteiger partial charge in [-0.25, -0.2) is 4.98 Å². The van der Waals surface area contributed by atoms with Crippen LogP contribution in [-0.4, -0.2) is 16.1 Å². The second kappa shape index (κ2) is 8.11. The molecule has 5 heteroatoms. The third-order valence-electron chi connectivity index (χ3n) is 3.51. The highest BCUT2D eigenvalue weighted by Gasteiger charge is 2.17. The molecule has 2 rings (SSSR count). The van der Waals surface area contributed by atoms with Gasteiger partial charge in [0.05, 0.1) is 3.79 Å². The Balaban J connectivity index is 2.17. The third kappa shape index (κ3) is 4.41. The second-order valence-corrected chi connectivity index (χ2v) is 7.75. The molecule has 0 bridgehead atoms. The second-order valence-electron chi connectivity index (χ2n) is 5.35. The summed E-state index contributed by atoms with van der Waals surface area (Å²) in [5.41, 5.74) is 1.31. The highest BCUT2D eigenvalue weighted by Crippen LogP contribution is 2.32. The van der Waals surface area contributed by atoms with Crippen LogP contribution in [0, 0.1) is 6.92 Å². The number of hydrogen-bond acceptors (Lipinski definition) is 3. The van der Waals surface area contributed by atoms with Gasteiger partial charge < -0.3 is 9.88 Å². The van der Waals surface area contributed by atoms with Crippen LogP contribution in [0.3, 0.4) is 0 Å². The van der Waals surface area contributed by atoms with E-state index in [1.165, 1.54) is 20.1 Å². The van der Waals surface area contributed by atoms with E-state index in [1.807, 2.05) is 17.5 Å². The van der Waals surface area contributed by atoms with Crippen molar-refractivity contribution < 1.29 is 0 Å². The molecule has 0 saturated heterocycles. The first-order chi connectivity index (χ1) is 10.2. The molecule has 0 saturated carbocycles. The monoisotopic (exact) mass is 369 g/mol. The first kappa shape index (κ1) is 16.7. The van der Waals surface area contributed by atoms with Crippen molar-refractivity contribution >= 4 is 27.3 Å². The van der Waals surface area contributed by atoms with Gasteiger partial charge in [0.2, 0.25) is 0 Å². The molecule has 0 fully saturated rings. The molecule has 1 unspecified atom stereocenters. The minimum Gasteiger partial charge on any atom is -0.335 e. The molecule has 3 nitrogen and oxygen atoms in total. The SMILES string of the molecule is CCCNC(Cc1nccn1CCC)c1cc(C)c(Br)s1. The standard InChI is InChI=1S/C16H24BrN3S/c1-4-6-18-13(14-10-12(3)16(17)21-14)11-15-19-7-9-20(15)8-5-2/h7,9-10,13,18H,4-6,8,11H2,1-3H3. The van der Waals surface area contributed by atoms with Gasteiger partial charge >= 0.3 is 0 Å². The zero-order valence-electron chi connectivity index (χ0n) is 13.0. The van der Waals surface area contributed by atoms with Gasteiger partial charge in [-0.2, -0.15) is 0 Å². The Labute approximate surface area is 139 Å². The molecular weight excluding hydrogens is 346 g/mol. The quantitative estimate of drug-likeness (QED) is 0.729. The largest absolute Gasteiger partial charge is 0.335 e. The molecule has 2 aromatic rings. The van der Waals surface area contributed by atoms with Gasteiger partial charge in [0, 0.05) is 36.3 Å². The molecular formula is C16H24BrN3S. The van der Waals surface area contributed by atoms with Crippen LogP contribution in [-0.2, 0) is 13.0 Å². The molecule has 2 aromatic heterocycles. The number of halogens is 1. The topological polar surface area (TPSA) is 29.9 Å². The maximum Gasteiger partial charge on any atom is 0.110 e. The van der Waals surface area contributed by atoms with E-state index in [9.17, 15) is 0 Å². The summed E-state index contributed by atoms with van der Waals surface area (Å²) in [6.45, 7) is 8.64. The van der Waals surface area contributed by atoms with E-state index in [4.69, 9.17) is 0 Å². The van der Waals surface area contributed by atoms with E-state index < -0.39 is 0 Å². The summed E-state index contributed by atoms with van der Waals surface area (Å²) in [5.74, 6) is 1.17. The average molecular weight is 370 g/mol. The molecule has 116 valence electrons. The van der Waals surface area contributed by atoms with Gasteiger partial charge in [0.25, 0.3) is 0 Å². The van der Waals surface area contributed by atoms with Crippen molar-refractivity contribution in [2.75, 3.05) is 6.54 Å². The molecule has 0 aromatic carbocycles. The van der Waals surface area contributed by atoms with Crippen molar-refractivity contribution in [3.05, 3.63) is 38.5 Å². The Bertz CT molecular complexity index is 542. The number of aromatic nitrogens is 2. The Morgan fingerprint density at radius 2 is 2.19 bits per heavy atom. The van der Waals surface area contributed by atoms with Gasteiger partial charge in [-0.05, 0) is 53.9 Å². The fourth-order valence-electron chi connectivity index (χ4n) is 2.40. The smallest absolute Gasteiger partial charge is 0.110 e. The maximum atomic E-state index is 4.55. The average Bonchev–Trinajstić information content (AvgIpc) is 3.03. The van der Waals surface area contributed by atoms with Crippen LogP contribution in [0.15, 0.2) is 22.2 Å². The molecule has 0 aliphatic rings. The van der Waals surface area contributed by atoms with Gasteiger partial charge in [-0.3, -0.25) is 0 Å². The van der Waals surface area contributed by atoms with Crippen molar-refractivity contribution in [1.29, 1.82) is 0 Å².